The van der Waals surface area contributed by atoms with E-state index in [4.69, 9.17) is 4.74 Å². The molecule has 29 heavy (non-hydrogen) atoms. The predicted molar refractivity (Wildman–Crippen MR) is 117 cm³/mol. The monoisotopic (exact) mass is 459 g/mol. The van der Waals surface area contributed by atoms with Crippen LogP contribution in [0.5, 0.6) is 0 Å². The van der Waals surface area contributed by atoms with Crippen molar-refractivity contribution in [2.45, 2.75) is 32.2 Å². The number of amides is 3. The van der Waals surface area contributed by atoms with Crippen molar-refractivity contribution in [1.82, 2.24) is 10.6 Å². The van der Waals surface area contributed by atoms with Gasteiger partial charge in [0.1, 0.15) is 0 Å². The van der Waals surface area contributed by atoms with Crippen molar-refractivity contribution in [2.24, 2.45) is 0 Å². The number of halogens is 1. The van der Waals surface area contributed by atoms with Crippen LogP contribution in [0, 0.1) is 13.8 Å². The highest BCUT2D eigenvalue weighted by molar-refractivity contribution is 9.10. The van der Waals surface area contributed by atoms with Crippen LogP contribution in [0.2, 0.25) is 0 Å². The molecule has 6 nitrogen and oxygen atoms in total. The van der Waals surface area contributed by atoms with Crippen LogP contribution in [0.3, 0.4) is 0 Å². The highest BCUT2D eigenvalue weighted by atomic mass is 79.9. The summed E-state index contributed by atoms with van der Waals surface area (Å²) in [6.07, 6.45) is 1.51. The Balaban J connectivity index is 1.61. The van der Waals surface area contributed by atoms with Crippen LogP contribution in [0.25, 0.3) is 0 Å². The number of hydrogen-bond donors (Lipinski definition) is 3. The standard InChI is InChI=1S/C22H26BrN3O3/c1-15-5-3-8-19(16(15)2)25-21(28)26-20(27)14-24-22(9-11-29-12-10-22)17-6-4-7-18(23)13-17/h3-8,13,24H,9-12,14H2,1-2H3,(H2,25,26,27,28). The minimum atomic E-state index is -0.533. The Morgan fingerprint density at radius 2 is 1.83 bits per heavy atom. The fraction of sp³-hybridized carbons (Fsp3) is 0.364. The largest absolute Gasteiger partial charge is 0.381 e. The maximum absolute atomic E-state index is 12.4. The van der Waals surface area contributed by atoms with Crippen LogP contribution < -0.4 is 16.0 Å². The van der Waals surface area contributed by atoms with Crippen molar-refractivity contribution in [1.29, 1.82) is 0 Å². The van der Waals surface area contributed by atoms with Crippen molar-refractivity contribution < 1.29 is 14.3 Å². The second-order valence-electron chi connectivity index (χ2n) is 7.31. The van der Waals surface area contributed by atoms with Crippen LogP contribution in [-0.4, -0.2) is 31.7 Å². The third kappa shape index (κ3) is 5.44. The van der Waals surface area contributed by atoms with Crippen molar-refractivity contribution in [2.75, 3.05) is 25.1 Å². The molecule has 3 N–H and O–H groups in total. The summed E-state index contributed by atoms with van der Waals surface area (Å²) in [4.78, 5) is 24.6. The smallest absolute Gasteiger partial charge is 0.325 e. The van der Waals surface area contributed by atoms with Gasteiger partial charge in [0.25, 0.3) is 0 Å². The summed E-state index contributed by atoms with van der Waals surface area (Å²) in [5.41, 5.74) is 3.49. The van der Waals surface area contributed by atoms with Gasteiger partial charge in [-0.2, -0.15) is 0 Å². The first-order chi connectivity index (χ1) is 13.9. The van der Waals surface area contributed by atoms with E-state index in [2.05, 4.69) is 37.9 Å². The Morgan fingerprint density at radius 1 is 1.10 bits per heavy atom. The fourth-order valence-electron chi connectivity index (χ4n) is 3.53. The number of hydrogen-bond acceptors (Lipinski definition) is 4. The fourth-order valence-corrected chi connectivity index (χ4v) is 3.93. The molecule has 1 aliphatic heterocycles. The van der Waals surface area contributed by atoms with Gasteiger partial charge in [0, 0.05) is 28.9 Å². The average Bonchev–Trinajstić information content (AvgIpc) is 2.70. The molecule has 2 aromatic rings. The molecule has 154 valence electrons. The lowest BCUT2D eigenvalue weighted by Gasteiger charge is -2.38. The molecule has 1 heterocycles. The molecule has 0 unspecified atom stereocenters. The summed E-state index contributed by atoms with van der Waals surface area (Å²) in [5, 5.41) is 8.52. The van der Waals surface area contributed by atoms with E-state index in [1.165, 1.54) is 0 Å². The molecule has 0 saturated carbocycles. The van der Waals surface area contributed by atoms with Crippen LogP contribution in [0.1, 0.15) is 29.5 Å². The van der Waals surface area contributed by atoms with Gasteiger partial charge in [-0.3, -0.25) is 15.4 Å². The van der Waals surface area contributed by atoms with Crippen molar-refractivity contribution in [3.8, 4) is 0 Å². The number of urea groups is 1. The minimum absolute atomic E-state index is 0.0345. The van der Waals surface area contributed by atoms with Gasteiger partial charge in [0.15, 0.2) is 0 Å². The van der Waals surface area contributed by atoms with Gasteiger partial charge in [-0.05, 0) is 61.6 Å². The highest BCUT2D eigenvalue weighted by Gasteiger charge is 2.34. The van der Waals surface area contributed by atoms with Gasteiger partial charge in [-0.1, -0.05) is 40.2 Å². The Morgan fingerprint density at radius 3 is 2.55 bits per heavy atom. The summed E-state index contributed by atoms with van der Waals surface area (Å²) >= 11 is 3.52. The number of carbonyl (C=O) groups excluding carboxylic acids is 2. The highest BCUT2D eigenvalue weighted by Crippen LogP contribution is 2.33. The van der Waals surface area contributed by atoms with E-state index in [1.807, 2.05) is 50.2 Å². The molecule has 0 bridgehead atoms. The van der Waals surface area contributed by atoms with Crippen molar-refractivity contribution in [3.63, 3.8) is 0 Å². The van der Waals surface area contributed by atoms with Crippen LogP contribution in [0.15, 0.2) is 46.9 Å². The topological polar surface area (TPSA) is 79.5 Å². The maximum atomic E-state index is 12.4. The molecular weight excluding hydrogens is 434 g/mol. The number of ether oxygens (including phenoxy) is 1. The third-order valence-electron chi connectivity index (χ3n) is 5.42. The van der Waals surface area contributed by atoms with Gasteiger partial charge in [-0.25, -0.2) is 4.79 Å². The molecule has 7 heteroatoms. The molecule has 0 spiro atoms. The summed E-state index contributed by atoms with van der Waals surface area (Å²) in [6, 6.07) is 13.2. The lowest BCUT2D eigenvalue weighted by atomic mass is 9.82. The number of aryl methyl sites for hydroxylation is 1. The number of imide groups is 1. The summed E-state index contributed by atoms with van der Waals surface area (Å²) in [6.45, 7) is 5.18. The van der Waals surface area contributed by atoms with E-state index in [0.717, 1.165) is 34.0 Å². The van der Waals surface area contributed by atoms with Crippen molar-refractivity contribution in [3.05, 3.63) is 63.6 Å². The van der Waals surface area contributed by atoms with Crippen LogP contribution in [-0.2, 0) is 15.1 Å². The number of nitrogens with one attached hydrogen (secondary N) is 3. The second kappa shape index (κ2) is 9.52. The first-order valence-corrected chi connectivity index (χ1v) is 10.4. The maximum Gasteiger partial charge on any atom is 0.325 e. The van der Waals surface area contributed by atoms with E-state index >= 15 is 0 Å². The Kier molecular flexibility index (Phi) is 7.05. The zero-order valence-corrected chi connectivity index (χ0v) is 18.3. The first kappa shape index (κ1) is 21.5. The lowest BCUT2D eigenvalue weighted by Crippen LogP contribution is -2.51. The molecule has 1 fully saturated rings. The number of benzene rings is 2. The second-order valence-corrected chi connectivity index (χ2v) is 8.22. The normalized spacial score (nSPS) is 15.6. The van der Waals surface area contributed by atoms with Gasteiger partial charge in [-0.15, -0.1) is 0 Å². The Bertz CT molecular complexity index is 895. The van der Waals surface area contributed by atoms with E-state index in [-0.39, 0.29) is 18.0 Å². The SMILES string of the molecule is Cc1cccc(NC(=O)NC(=O)CNC2(c3cccc(Br)c3)CCOCC2)c1C. The van der Waals surface area contributed by atoms with E-state index in [1.54, 1.807) is 0 Å². The van der Waals surface area contributed by atoms with E-state index in [0.29, 0.717) is 18.9 Å². The van der Waals surface area contributed by atoms with Crippen LogP contribution >= 0.6 is 15.9 Å². The van der Waals surface area contributed by atoms with Crippen LogP contribution in [0.4, 0.5) is 10.5 Å². The molecule has 1 aliphatic rings. The molecule has 0 radical (unpaired) electrons. The Labute approximate surface area is 179 Å². The summed E-state index contributed by atoms with van der Waals surface area (Å²) in [7, 11) is 0. The van der Waals surface area contributed by atoms with E-state index in [9.17, 15) is 9.59 Å². The zero-order valence-electron chi connectivity index (χ0n) is 16.7. The summed E-state index contributed by atoms with van der Waals surface area (Å²) in [5.74, 6) is -0.381. The third-order valence-corrected chi connectivity index (χ3v) is 5.91. The molecule has 0 atom stereocenters. The zero-order chi connectivity index (χ0) is 20.9. The molecule has 0 aliphatic carbocycles. The van der Waals surface area contributed by atoms with E-state index < -0.39 is 6.03 Å². The molecule has 3 rings (SSSR count). The summed E-state index contributed by atoms with van der Waals surface area (Å²) < 4.78 is 6.50. The van der Waals surface area contributed by atoms with Gasteiger partial charge >= 0.3 is 6.03 Å². The first-order valence-electron chi connectivity index (χ1n) is 9.65. The van der Waals surface area contributed by atoms with Crippen molar-refractivity contribution >= 4 is 33.6 Å². The Hall–Kier alpha value is -2.22. The quantitative estimate of drug-likeness (QED) is 0.630. The molecule has 0 aromatic heterocycles. The van der Waals surface area contributed by atoms with Gasteiger partial charge < -0.3 is 10.1 Å². The molecule has 2 aromatic carbocycles. The van der Waals surface area contributed by atoms with Gasteiger partial charge in [0.05, 0.1) is 6.54 Å². The molecule has 3 amide bonds. The lowest BCUT2D eigenvalue weighted by molar-refractivity contribution is -0.119. The average molecular weight is 460 g/mol. The number of anilines is 1. The van der Waals surface area contributed by atoms with Gasteiger partial charge in [0.2, 0.25) is 5.91 Å². The predicted octanol–water partition coefficient (Wildman–Crippen LogP) is 4.01. The number of rotatable bonds is 5. The minimum Gasteiger partial charge on any atom is -0.381 e. The number of carbonyl (C=O) groups is 2. The molecular formula is C22H26BrN3O3. The molecule has 1 saturated heterocycles.